The Morgan fingerprint density at radius 3 is 2.25 bits per heavy atom. The highest BCUT2D eigenvalue weighted by Gasteiger charge is 2.41. The van der Waals surface area contributed by atoms with E-state index in [1.807, 2.05) is 62.4 Å². The Morgan fingerprint density at radius 1 is 0.875 bits per heavy atom. The summed E-state index contributed by atoms with van der Waals surface area (Å²) in [7, 11) is 1.55. The molecule has 0 saturated heterocycles. The van der Waals surface area contributed by atoms with Crippen molar-refractivity contribution in [2.75, 3.05) is 17.3 Å². The Hall–Kier alpha value is -3.86. The molecule has 3 aromatic carbocycles. The van der Waals surface area contributed by atoms with E-state index in [-0.39, 0.29) is 11.6 Å². The van der Waals surface area contributed by atoms with Crippen LogP contribution in [0, 0.1) is 13.8 Å². The fourth-order valence-electron chi connectivity index (χ4n) is 3.81. The van der Waals surface area contributed by atoms with Gasteiger partial charge < -0.3 is 10.1 Å². The normalized spacial score (nSPS) is 13.7. The SMILES string of the molecule is CCc1ccc(NC2=C(c3ccccc3OC)C(=O)N(c3ccc(C)c(C)c3)C2=O)cc1. The van der Waals surface area contributed by atoms with Crippen LogP contribution in [0.15, 0.2) is 72.4 Å². The maximum absolute atomic E-state index is 13.6. The van der Waals surface area contributed by atoms with Crippen molar-refractivity contribution in [1.82, 2.24) is 0 Å². The number of carbonyl (C=O) groups is 2. The minimum atomic E-state index is -0.390. The Kier molecular flexibility index (Phi) is 5.82. The number of hydrogen-bond acceptors (Lipinski definition) is 4. The molecule has 1 aliphatic rings. The lowest BCUT2D eigenvalue weighted by Crippen LogP contribution is -2.32. The number of nitrogens with zero attached hydrogens (tertiary/aromatic N) is 1. The molecule has 0 fully saturated rings. The maximum atomic E-state index is 13.6. The van der Waals surface area contributed by atoms with Crippen molar-refractivity contribution in [1.29, 1.82) is 0 Å². The quantitative estimate of drug-likeness (QED) is 0.546. The standard InChI is InChI=1S/C27H26N2O3/c1-5-19-11-13-20(14-12-19)28-25-24(22-8-6-7-9-23(22)32-4)26(30)29(27(25)31)21-15-10-17(2)18(3)16-21/h6-16,28H,5H2,1-4H3. The third-order valence-electron chi connectivity index (χ3n) is 5.84. The summed E-state index contributed by atoms with van der Waals surface area (Å²) in [5.74, 6) is -0.236. The van der Waals surface area contributed by atoms with E-state index in [1.54, 1.807) is 25.3 Å². The minimum absolute atomic E-state index is 0.238. The molecule has 5 heteroatoms. The summed E-state index contributed by atoms with van der Waals surface area (Å²) in [5.41, 5.74) is 5.71. The molecule has 0 radical (unpaired) electrons. The largest absolute Gasteiger partial charge is 0.496 e. The number of amides is 2. The predicted molar refractivity (Wildman–Crippen MR) is 128 cm³/mol. The zero-order valence-electron chi connectivity index (χ0n) is 18.7. The van der Waals surface area contributed by atoms with Gasteiger partial charge in [0.2, 0.25) is 0 Å². The van der Waals surface area contributed by atoms with Gasteiger partial charge >= 0.3 is 0 Å². The van der Waals surface area contributed by atoms with E-state index in [0.717, 1.165) is 23.2 Å². The van der Waals surface area contributed by atoms with Crippen LogP contribution in [0.3, 0.4) is 0 Å². The molecular weight excluding hydrogens is 400 g/mol. The number of anilines is 2. The Bertz CT molecular complexity index is 1230. The van der Waals surface area contributed by atoms with Gasteiger partial charge in [-0.1, -0.05) is 43.3 Å². The third-order valence-corrected chi connectivity index (χ3v) is 5.84. The third kappa shape index (κ3) is 3.78. The van der Waals surface area contributed by atoms with Gasteiger partial charge in [-0.2, -0.15) is 0 Å². The average Bonchev–Trinajstić information content (AvgIpc) is 3.05. The molecule has 0 spiro atoms. The fraction of sp³-hybridized carbons (Fsp3) is 0.185. The molecule has 5 nitrogen and oxygen atoms in total. The first-order valence-corrected chi connectivity index (χ1v) is 10.6. The van der Waals surface area contributed by atoms with Gasteiger partial charge in [0.15, 0.2) is 0 Å². The van der Waals surface area contributed by atoms with Crippen molar-refractivity contribution in [3.63, 3.8) is 0 Å². The van der Waals surface area contributed by atoms with Crippen molar-refractivity contribution < 1.29 is 14.3 Å². The van der Waals surface area contributed by atoms with Crippen LogP contribution in [0.4, 0.5) is 11.4 Å². The molecule has 0 atom stereocenters. The van der Waals surface area contributed by atoms with Gasteiger partial charge in [-0.25, -0.2) is 4.90 Å². The Balaban J connectivity index is 1.84. The van der Waals surface area contributed by atoms with Gasteiger partial charge in [0.25, 0.3) is 11.8 Å². The molecule has 1 N–H and O–H groups in total. The second-order valence-electron chi connectivity index (χ2n) is 7.84. The topological polar surface area (TPSA) is 58.6 Å². The number of methoxy groups -OCH3 is 1. The zero-order chi connectivity index (χ0) is 22.8. The van der Waals surface area contributed by atoms with Gasteiger partial charge in [-0.3, -0.25) is 9.59 Å². The van der Waals surface area contributed by atoms with Crippen molar-refractivity contribution in [3.05, 3.63) is 94.7 Å². The molecule has 162 valence electrons. The summed E-state index contributed by atoms with van der Waals surface area (Å²) in [6.07, 6.45) is 0.924. The molecule has 1 heterocycles. The van der Waals surface area contributed by atoms with Crippen LogP contribution in [-0.2, 0) is 16.0 Å². The Morgan fingerprint density at radius 2 is 1.59 bits per heavy atom. The van der Waals surface area contributed by atoms with E-state index in [9.17, 15) is 9.59 Å². The van der Waals surface area contributed by atoms with Crippen LogP contribution in [0.25, 0.3) is 5.57 Å². The molecule has 0 aliphatic carbocycles. The van der Waals surface area contributed by atoms with Crippen molar-refractivity contribution in [2.45, 2.75) is 27.2 Å². The maximum Gasteiger partial charge on any atom is 0.282 e. The molecule has 1 aliphatic heterocycles. The highest BCUT2D eigenvalue weighted by atomic mass is 16.5. The van der Waals surface area contributed by atoms with Crippen LogP contribution in [0.2, 0.25) is 0 Å². The van der Waals surface area contributed by atoms with E-state index in [2.05, 4.69) is 12.2 Å². The van der Waals surface area contributed by atoms with Crippen LogP contribution >= 0.6 is 0 Å². The van der Waals surface area contributed by atoms with Crippen LogP contribution in [0.5, 0.6) is 5.75 Å². The highest BCUT2D eigenvalue weighted by molar-refractivity contribution is 6.46. The molecule has 0 unspecified atom stereocenters. The molecule has 0 bridgehead atoms. The van der Waals surface area contributed by atoms with Gasteiger partial charge in [-0.05, 0) is 67.3 Å². The van der Waals surface area contributed by atoms with E-state index in [0.29, 0.717) is 22.6 Å². The second kappa shape index (κ2) is 8.71. The van der Waals surface area contributed by atoms with E-state index >= 15 is 0 Å². The van der Waals surface area contributed by atoms with Gasteiger partial charge in [0, 0.05) is 11.3 Å². The first kappa shape index (κ1) is 21.4. The molecule has 0 saturated carbocycles. The Labute approximate surface area is 188 Å². The predicted octanol–water partition coefficient (Wildman–Crippen LogP) is 5.27. The second-order valence-corrected chi connectivity index (χ2v) is 7.84. The molecule has 32 heavy (non-hydrogen) atoms. The number of rotatable bonds is 6. The van der Waals surface area contributed by atoms with Crippen molar-refractivity contribution in [3.8, 4) is 5.75 Å². The van der Waals surface area contributed by atoms with Crippen molar-refractivity contribution in [2.24, 2.45) is 0 Å². The number of aryl methyl sites for hydroxylation is 3. The fourth-order valence-corrected chi connectivity index (χ4v) is 3.81. The molecule has 2 amide bonds. The van der Waals surface area contributed by atoms with E-state index in [1.165, 1.54) is 10.5 Å². The lowest BCUT2D eigenvalue weighted by molar-refractivity contribution is -0.120. The van der Waals surface area contributed by atoms with Gasteiger partial charge in [-0.15, -0.1) is 0 Å². The summed E-state index contributed by atoms with van der Waals surface area (Å²) < 4.78 is 5.50. The molecule has 0 aromatic heterocycles. The highest BCUT2D eigenvalue weighted by Crippen LogP contribution is 2.37. The van der Waals surface area contributed by atoms with Gasteiger partial charge in [0.05, 0.1) is 18.4 Å². The van der Waals surface area contributed by atoms with E-state index < -0.39 is 5.91 Å². The first-order valence-electron chi connectivity index (χ1n) is 10.6. The lowest BCUT2D eigenvalue weighted by Gasteiger charge is -2.17. The number of carbonyl (C=O) groups excluding carboxylic acids is 2. The summed E-state index contributed by atoms with van der Waals surface area (Å²) in [5, 5.41) is 3.21. The van der Waals surface area contributed by atoms with Gasteiger partial charge in [0.1, 0.15) is 11.4 Å². The molecular formula is C27H26N2O3. The summed E-state index contributed by atoms with van der Waals surface area (Å²) in [6.45, 7) is 6.05. The number of ether oxygens (including phenoxy) is 1. The zero-order valence-corrected chi connectivity index (χ0v) is 18.7. The number of nitrogens with one attached hydrogen (secondary N) is 1. The number of benzene rings is 3. The lowest BCUT2D eigenvalue weighted by atomic mass is 10.0. The minimum Gasteiger partial charge on any atom is -0.496 e. The average molecular weight is 427 g/mol. The van der Waals surface area contributed by atoms with Crippen molar-refractivity contribution >= 4 is 28.8 Å². The number of hydrogen-bond donors (Lipinski definition) is 1. The summed E-state index contributed by atoms with van der Waals surface area (Å²) in [4.78, 5) is 28.4. The van der Waals surface area contributed by atoms with Crippen LogP contribution in [-0.4, -0.2) is 18.9 Å². The van der Waals surface area contributed by atoms with Crippen LogP contribution < -0.4 is 15.0 Å². The monoisotopic (exact) mass is 426 g/mol. The van der Waals surface area contributed by atoms with Crippen LogP contribution in [0.1, 0.15) is 29.2 Å². The smallest absolute Gasteiger partial charge is 0.282 e. The first-order chi connectivity index (χ1) is 15.4. The summed E-state index contributed by atoms with van der Waals surface area (Å²) >= 11 is 0. The molecule has 4 rings (SSSR count). The molecule has 3 aromatic rings. The summed E-state index contributed by atoms with van der Waals surface area (Å²) in [6, 6.07) is 20.7. The van der Waals surface area contributed by atoms with E-state index in [4.69, 9.17) is 4.74 Å². The number of para-hydroxylation sites is 1. The number of imide groups is 1.